The second-order valence-electron chi connectivity index (χ2n) is 7.65. The molecule has 0 unspecified atom stereocenters. The molecule has 5 rings (SSSR count). The van der Waals surface area contributed by atoms with E-state index < -0.39 is 0 Å². The summed E-state index contributed by atoms with van der Waals surface area (Å²) >= 11 is 0. The summed E-state index contributed by atoms with van der Waals surface area (Å²) < 4.78 is 7.29. The highest BCUT2D eigenvalue weighted by Gasteiger charge is 2.27. The normalized spacial score (nSPS) is 18.7. The molecule has 0 bridgehead atoms. The molecule has 7 nitrogen and oxygen atoms in total. The summed E-state index contributed by atoms with van der Waals surface area (Å²) in [7, 11) is 0. The molecule has 0 radical (unpaired) electrons. The maximum absolute atomic E-state index is 5.30. The number of piperidine rings is 1. The Kier molecular flexibility index (Phi) is 3.77. The van der Waals surface area contributed by atoms with Crippen LogP contribution in [0.25, 0.3) is 5.65 Å². The number of nitrogens with zero attached hydrogens (tertiary/aromatic N) is 6. The SMILES string of the molecule is Cc1noc(C)c1CN1CCC(c2nnc3cc4c(nn23)CCC4)CC1. The van der Waals surface area contributed by atoms with Crippen molar-refractivity contribution in [3.63, 3.8) is 0 Å². The van der Waals surface area contributed by atoms with Crippen LogP contribution in [0.4, 0.5) is 0 Å². The molecule has 0 spiro atoms. The molecule has 3 aromatic heterocycles. The van der Waals surface area contributed by atoms with Gasteiger partial charge in [-0.25, -0.2) is 0 Å². The molecule has 1 saturated heterocycles. The third kappa shape index (κ3) is 2.61. The van der Waals surface area contributed by atoms with Crippen LogP contribution in [-0.4, -0.2) is 43.0 Å². The molecule has 0 amide bonds. The van der Waals surface area contributed by atoms with Gasteiger partial charge >= 0.3 is 0 Å². The van der Waals surface area contributed by atoms with Gasteiger partial charge in [-0.1, -0.05) is 5.16 Å². The predicted molar refractivity (Wildman–Crippen MR) is 96.0 cm³/mol. The van der Waals surface area contributed by atoms with Crippen LogP contribution >= 0.6 is 0 Å². The second-order valence-corrected chi connectivity index (χ2v) is 7.65. The zero-order valence-corrected chi connectivity index (χ0v) is 15.4. The third-order valence-corrected chi connectivity index (χ3v) is 5.96. The van der Waals surface area contributed by atoms with E-state index in [-0.39, 0.29) is 0 Å². The maximum atomic E-state index is 5.30. The number of hydrogen-bond acceptors (Lipinski definition) is 6. The summed E-state index contributed by atoms with van der Waals surface area (Å²) in [6.07, 6.45) is 5.59. The molecule has 2 aliphatic rings. The molecule has 0 N–H and O–H groups in total. The molecule has 26 heavy (non-hydrogen) atoms. The van der Waals surface area contributed by atoms with Crippen LogP contribution in [0.15, 0.2) is 10.6 Å². The first kappa shape index (κ1) is 15.9. The third-order valence-electron chi connectivity index (χ3n) is 5.96. The van der Waals surface area contributed by atoms with Crippen molar-refractivity contribution in [2.75, 3.05) is 13.1 Å². The summed E-state index contributed by atoms with van der Waals surface area (Å²) in [4.78, 5) is 2.48. The van der Waals surface area contributed by atoms with Gasteiger partial charge < -0.3 is 4.52 Å². The highest BCUT2D eigenvalue weighted by atomic mass is 16.5. The Morgan fingerprint density at radius 3 is 2.77 bits per heavy atom. The molecule has 0 atom stereocenters. The van der Waals surface area contributed by atoms with E-state index in [2.05, 4.69) is 26.3 Å². The number of aryl methyl sites for hydroxylation is 4. The number of likely N-dealkylation sites (tertiary alicyclic amines) is 1. The Bertz CT molecular complexity index is 931. The lowest BCUT2D eigenvalue weighted by molar-refractivity contribution is 0.199. The number of fused-ring (bicyclic) bond motifs is 2. The van der Waals surface area contributed by atoms with Crippen molar-refractivity contribution in [1.29, 1.82) is 0 Å². The van der Waals surface area contributed by atoms with Gasteiger partial charge in [0.25, 0.3) is 0 Å². The molecular formula is C19H24N6O. The minimum Gasteiger partial charge on any atom is -0.361 e. The van der Waals surface area contributed by atoms with Crippen LogP contribution in [-0.2, 0) is 19.4 Å². The Labute approximate surface area is 152 Å². The van der Waals surface area contributed by atoms with Crippen molar-refractivity contribution in [2.45, 2.75) is 58.4 Å². The zero-order valence-electron chi connectivity index (χ0n) is 15.4. The highest BCUT2D eigenvalue weighted by Crippen LogP contribution is 2.29. The van der Waals surface area contributed by atoms with Gasteiger partial charge in [-0.2, -0.15) is 9.61 Å². The topological polar surface area (TPSA) is 72.3 Å². The smallest absolute Gasteiger partial charge is 0.178 e. The van der Waals surface area contributed by atoms with E-state index in [0.717, 1.165) is 68.2 Å². The van der Waals surface area contributed by atoms with Gasteiger partial charge in [0.05, 0.1) is 11.4 Å². The number of rotatable bonds is 3. The van der Waals surface area contributed by atoms with Crippen molar-refractivity contribution in [3.8, 4) is 0 Å². The summed E-state index contributed by atoms with van der Waals surface area (Å²) in [6, 6.07) is 2.18. The lowest BCUT2D eigenvalue weighted by Gasteiger charge is -2.30. The maximum Gasteiger partial charge on any atom is 0.178 e. The molecule has 1 aliphatic heterocycles. The van der Waals surface area contributed by atoms with E-state index >= 15 is 0 Å². The Morgan fingerprint density at radius 2 is 2.00 bits per heavy atom. The second kappa shape index (κ2) is 6.16. The fraction of sp³-hybridized carbons (Fsp3) is 0.579. The van der Waals surface area contributed by atoms with Gasteiger partial charge in [0, 0.05) is 18.0 Å². The van der Waals surface area contributed by atoms with Gasteiger partial charge in [0.15, 0.2) is 11.5 Å². The van der Waals surface area contributed by atoms with Crippen molar-refractivity contribution in [3.05, 3.63) is 40.2 Å². The minimum absolute atomic E-state index is 0.429. The molecule has 3 aromatic rings. The molecular weight excluding hydrogens is 328 g/mol. The highest BCUT2D eigenvalue weighted by molar-refractivity contribution is 5.43. The monoisotopic (exact) mass is 352 g/mol. The van der Waals surface area contributed by atoms with E-state index in [1.807, 2.05) is 18.4 Å². The van der Waals surface area contributed by atoms with Crippen molar-refractivity contribution < 1.29 is 4.52 Å². The first-order valence-electron chi connectivity index (χ1n) is 9.57. The summed E-state index contributed by atoms with van der Waals surface area (Å²) in [5, 5.41) is 17.8. The predicted octanol–water partition coefficient (Wildman–Crippen LogP) is 2.60. The largest absolute Gasteiger partial charge is 0.361 e. The molecule has 0 aromatic carbocycles. The van der Waals surface area contributed by atoms with Crippen molar-refractivity contribution in [1.82, 2.24) is 29.9 Å². The average molecular weight is 352 g/mol. The van der Waals surface area contributed by atoms with Crippen molar-refractivity contribution in [2.24, 2.45) is 0 Å². The van der Waals surface area contributed by atoms with Gasteiger partial charge in [-0.15, -0.1) is 10.2 Å². The average Bonchev–Trinajstić information content (AvgIpc) is 3.35. The fourth-order valence-electron chi connectivity index (χ4n) is 4.35. The van der Waals surface area contributed by atoms with E-state index in [0.29, 0.717) is 5.92 Å². The van der Waals surface area contributed by atoms with Crippen LogP contribution in [0, 0.1) is 13.8 Å². The number of aromatic nitrogens is 5. The molecule has 0 saturated carbocycles. The standard InChI is InChI=1S/C19H24N6O/c1-12-16(13(2)26-23-12)11-24-8-6-14(7-9-24)19-21-20-18-10-15-4-3-5-17(15)22-25(18)19/h10,14H,3-9,11H2,1-2H3. The molecule has 1 fully saturated rings. The molecule has 7 heteroatoms. The van der Waals surface area contributed by atoms with Crippen LogP contribution in [0.2, 0.25) is 0 Å². The fourth-order valence-corrected chi connectivity index (χ4v) is 4.35. The van der Waals surface area contributed by atoms with Crippen molar-refractivity contribution >= 4 is 5.65 Å². The number of hydrogen-bond donors (Lipinski definition) is 0. The van der Waals surface area contributed by atoms with Crippen LogP contribution in [0.1, 0.15) is 59.3 Å². The quantitative estimate of drug-likeness (QED) is 0.721. The molecule has 1 aliphatic carbocycles. The summed E-state index contributed by atoms with van der Waals surface area (Å²) in [5.41, 5.74) is 5.72. The zero-order chi connectivity index (χ0) is 17.7. The first-order valence-corrected chi connectivity index (χ1v) is 9.57. The van der Waals surface area contributed by atoms with Gasteiger partial charge in [-0.05, 0) is 70.7 Å². The lowest BCUT2D eigenvalue weighted by Crippen LogP contribution is -2.33. The van der Waals surface area contributed by atoms with Crippen LogP contribution in [0.3, 0.4) is 0 Å². The minimum atomic E-state index is 0.429. The van der Waals surface area contributed by atoms with Gasteiger partial charge in [0.1, 0.15) is 5.76 Å². The van der Waals surface area contributed by atoms with E-state index in [1.165, 1.54) is 23.2 Å². The van der Waals surface area contributed by atoms with Crippen LogP contribution in [0.5, 0.6) is 0 Å². The van der Waals surface area contributed by atoms with Crippen LogP contribution < -0.4 is 0 Å². The lowest BCUT2D eigenvalue weighted by atomic mass is 9.95. The van der Waals surface area contributed by atoms with Gasteiger partial charge in [-0.3, -0.25) is 4.90 Å². The van der Waals surface area contributed by atoms with Gasteiger partial charge in [0.2, 0.25) is 0 Å². The summed E-state index contributed by atoms with van der Waals surface area (Å²) in [6.45, 7) is 7.03. The summed E-state index contributed by atoms with van der Waals surface area (Å²) in [5.74, 6) is 2.40. The first-order chi connectivity index (χ1) is 12.7. The molecule has 136 valence electrons. The Hall–Kier alpha value is -2.28. The molecule has 4 heterocycles. The van der Waals surface area contributed by atoms with E-state index in [9.17, 15) is 0 Å². The van der Waals surface area contributed by atoms with E-state index in [4.69, 9.17) is 9.62 Å². The Morgan fingerprint density at radius 1 is 1.15 bits per heavy atom. The van der Waals surface area contributed by atoms with E-state index in [1.54, 1.807) is 0 Å². The Balaban J connectivity index is 1.32.